The maximum atomic E-state index is 12.3. The van der Waals surface area contributed by atoms with Crippen LogP contribution in [0.15, 0.2) is 48.7 Å². The standard InChI is InChI=1S/C16H14F3N3O2/c17-16(18,19)9-24-12-7-14-13(5-6-20-14)15(8-12)22-21-10-1-3-11(23)4-2-10/h1-8,20-23H,9H2. The van der Waals surface area contributed by atoms with Crippen molar-refractivity contribution in [3.05, 3.63) is 48.7 Å². The molecule has 4 N–H and O–H groups in total. The Morgan fingerprint density at radius 1 is 1.04 bits per heavy atom. The molecule has 0 bridgehead atoms. The first kappa shape index (κ1) is 15.9. The van der Waals surface area contributed by atoms with Gasteiger partial charge in [-0.1, -0.05) is 0 Å². The Bertz CT molecular complexity index is 829. The lowest BCUT2D eigenvalue weighted by molar-refractivity contribution is -0.153. The van der Waals surface area contributed by atoms with Crippen molar-refractivity contribution in [3.63, 3.8) is 0 Å². The average molecular weight is 337 g/mol. The third-order valence-electron chi connectivity index (χ3n) is 3.25. The summed E-state index contributed by atoms with van der Waals surface area (Å²) in [6, 6.07) is 11.1. The van der Waals surface area contributed by atoms with Crippen molar-refractivity contribution in [3.8, 4) is 11.5 Å². The first-order valence-electron chi connectivity index (χ1n) is 7.02. The van der Waals surface area contributed by atoms with E-state index < -0.39 is 12.8 Å². The number of phenols is 1. The zero-order valence-electron chi connectivity index (χ0n) is 12.3. The van der Waals surface area contributed by atoms with Gasteiger partial charge in [0.05, 0.1) is 16.9 Å². The molecule has 0 atom stereocenters. The van der Waals surface area contributed by atoms with Crippen LogP contribution in [0.3, 0.4) is 0 Å². The van der Waals surface area contributed by atoms with Crippen molar-refractivity contribution in [2.75, 3.05) is 17.5 Å². The van der Waals surface area contributed by atoms with Crippen molar-refractivity contribution in [2.45, 2.75) is 6.18 Å². The van der Waals surface area contributed by atoms with E-state index in [1.54, 1.807) is 24.4 Å². The molecule has 1 aromatic heterocycles. The van der Waals surface area contributed by atoms with E-state index in [1.165, 1.54) is 24.3 Å². The van der Waals surface area contributed by atoms with E-state index in [4.69, 9.17) is 4.74 Å². The molecular weight excluding hydrogens is 323 g/mol. The Morgan fingerprint density at radius 2 is 1.79 bits per heavy atom. The number of nitrogens with one attached hydrogen (secondary N) is 3. The zero-order valence-corrected chi connectivity index (χ0v) is 12.3. The number of hydrogen-bond donors (Lipinski definition) is 4. The molecule has 8 heteroatoms. The molecule has 0 unspecified atom stereocenters. The van der Waals surface area contributed by atoms with E-state index in [0.717, 1.165) is 5.39 Å². The van der Waals surface area contributed by atoms with Crippen molar-refractivity contribution < 1.29 is 23.0 Å². The Labute approximate surface area is 135 Å². The Hall–Kier alpha value is -3.03. The van der Waals surface area contributed by atoms with E-state index in [9.17, 15) is 18.3 Å². The summed E-state index contributed by atoms with van der Waals surface area (Å²) in [5, 5.41) is 10.0. The second-order valence-corrected chi connectivity index (χ2v) is 5.11. The van der Waals surface area contributed by atoms with Crippen molar-refractivity contribution in [1.82, 2.24) is 4.98 Å². The molecule has 0 aliphatic carbocycles. The lowest BCUT2D eigenvalue weighted by Gasteiger charge is -2.14. The number of fused-ring (bicyclic) bond motifs is 1. The van der Waals surface area contributed by atoms with Gasteiger partial charge in [0.25, 0.3) is 0 Å². The average Bonchev–Trinajstić information content (AvgIpc) is 3.00. The first-order chi connectivity index (χ1) is 11.4. The summed E-state index contributed by atoms with van der Waals surface area (Å²) < 4.78 is 41.8. The lowest BCUT2D eigenvalue weighted by atomic mass is 10.2. The van der Waals surface area contributed by atoms with Crippen LogP contribution in [0.2, 0.25) is 0 Å². The van der Waals surface area contributed by atoms with Gasteiger partial charge >= 0.3 is 6.18 Å². The summed E-state index contributed by atoms with van der Waals surface area (Å²) in [5.74, 6) is 0.230. The van der Waals surface area contributed by atoms with E-state index in [1.807, 2.05) is 0 Å². The van der Waals surface area contributed by atoms with Gasteiger partial charge < -0.3 is 25.7 Å². The smallest absolute Gasteiger partial charge is 0.422 e. The molecule has 0 amide bonds. The van der Waals surface area contributed by atoms with Crippen LogP contribution in [0.4, 0.5) is 24.5 Å². The van der Waals surface area contributed by atoms with E-state index in [-0.39, 0.29) is 11.5 Å². The second kappa shape index (κ2) is 6.23. The summed E-state index contributed by atoms with van der Waals surface area (Å²) in [7, 11) is 0. The van der Waals surface area contributed by atoms with Gasteiger partial charge in [-0.05, 0) is 30.3 Å². The number of alkyl halides is 3. The number of ether oxygens (including phenoxy) is 1. The Kier molecular flexibility index (Phi) is 4.11. The Morgan fingerprint density at radius 3 is 2.50 bits per heavy atom. The fourth-order valence-electron chi connectivity index (χ4n) is 2.18. The van der Waals surface area contributed by atoms with Crippen LogP contribution < -0.4 is 15.6 Å². The minimum absolute atomic E-state index is 0.0947. The van der Waals surface area contributed by atoms with Gasteiger partial charge in [-0.25, -0.2) is 0 Å². The molecule has 0 radical (unpaired) electrons. The molecule has 24 heavy (non-hydrogen) atoms. The van der Waals surface area contributed by atoms with Crippen molar-refractivity contribution >= 4 is 22.3 Å². The number of anilines is 2. The van der Waals surface area contributed by atoms with Gasteiger partial charge in [0.1, 0.15) is 11.5 Å². The number of hydrogen-bond acceptors (Lipinski definition) is 4. The second-order valence-electron chi connectivity index (χ2n) is 5.11. The summed E-state index contributed by atoms with van der Waals surface area (Å²) >= 11 is 0. The summed E-state index contributed by atoms with van der Waals surface area (Å²) in [6.07, 6.45) is -2.72. The molecule has 0 saturated heterocycles. The monoisotopic (exact) mass is 337 g/mol. The number of halogens is 3. The fraction of sp³-hybridized carbons (Fsp3) is 0.125. The largest absolute Gasteiger partial charge is 0.508 e. The van der Waals surface area contributed by atoms with Gasteiger partial charge in [0.15, 0.2) is 6.61 Å². The lowest BCUT2D eigenvalue weighted by Crippen LogP contribution is -2.19. The quantitative estimate of drug-likeness (QED) is 0.415. The van der Waals surface area contributed by atoms with Crippen molar-refractivity contribution in [1.29, 1.82) is 0 Å². The number of aromatic amines is 1. The third-order valence-corrected chi connectivity index (χ3v) is 3.25. The zero-order chi connectivity index (χ0) is 17.2. The number of rotatable bonds is 5. The molecule has 5 nitrogen and oxygen atoms in total. The highest BCUT2D eigenvalue weighted by Gasteiger charge is 2.28. The van der Waals surface area contributed by atoms with Crippen molar-refractivity contribution in [2.24, 2.45) is 0 Å². The van der Waals surface area contributed by atoms with Crippen LogP contribution in [-0.4, -0.2) is 22.9 Å². The number of benzene rings is 2. The van der Waals surface area contributed by atoms with Crippen LogP contribution in [0, 0.1) is 0 Å². The topological polar surface area (TPSA) is 69.3 Å². The van der Waals surface area contributed by atoms with Crippen LogP contribution in [0.25, 0.3) is 10.9 Å². The molecule has 0 aliphatic heterocycles. The maximum absolute atomic E-state index is 12.3. The molecule has 0 saturated carbocycles. The maximum Gasteiger partial charge on any atom is 0.422 e. The van der Waals surface area contributed by atoms with Crippen LogP contribution in [0.1, 0.15) is 0 Å². The molecule has 0 spiro atoms. The van der Waals surface area contributed by atoms with Gasteiger partial charge in [-0.2, -0.15) is 13.2 Å². The molecule has 3 aromatic rings. The summed E-state index contributed by atoms with van der Waals surface area (Å²) in [6.45, 7) is -1.36. The molecule has 1 heterocycles. The van der Waals surface area contributed by atoms with Gasteiger partial charge in [0.2, 0.25) is 0 Å². The van der Waals surface area contributed by atoms with Gasteiger partial charge in [0, 0.05) is 23.7 Å². The Balaban J connectivity index is 1.80. The van der Waals surface area contributed by atoms with Crippen LogP contribution >= 0.6 is 0 Å². The number of phenolic OH excluding ortho intramolecular Hbond substituents is 1. The number of aromatic hydroxyl groups is 1. The molecule has 0 fully saturated rings. The number of aromatic nitrogens is 1. The molecule has 2 aromatic carbocycles. The third kappa shape index (κ3) is 3.83. The van der Waals surface area contributed by atoms with Crippen LogP contribution in [0.5, 0.6) is 11.5 Å². The van der Waals surface area contributed by atoms with E-state index in [2.05, 4.69) is 15.8 Å². The highest BCUT2D eigenvalue weighted by molar-refractivity contribution is 5.93. The highest BCUT2D eigenvalue weighted by Crippen LogP contribution is 2.30. The fourth-order valence-corrected chi connectivity index (χ4v) is 2.18. The number of H-pyrrole nitrogens is 1. The molecule has 0 aliphatic rings. The van der Waals surface area contributed by atoms with E-state index >= 15 is 0 Å². The minimum atomic E-state index is -4.40. The minimum Gasteiger partial charge on any atom is -0.508 e. The summed E-state index contributed by atoms with van der Waals surface area (Å²) in [4.78, 5) is 2.94. The molecule has 3 rings (SSSR count). The molecule has 126 valence electrons. The van der Waals surface area contributed by atoms with Gasteiger partial charge in [-0.15, -0.1) is 0 Å². The predicted molar refractivity (Wildman–Crippen MR) is 85.2 cm³/mol. The van der Waals surface area contributed by atoms with E-state index in [0.29, 0.717) is 16.9 Å². The SMILES string of the molecule is Oc1ccc(NNc2cc(OCC(F)(F)F)cc3[nH]ccc23)cc1. The summed E-state index contributed by atoms with van der Waals surface area (Å²) in [5.41, 5.74) is 7.73. The first-order valence-corrected chi connectivity index (χ1v) is 7.02. The molecular formula is C16H14F3N3O2. The number of hydrazine groups is 1. The highest BCUT2D eigenvalue weighted by atomic mass is 19.4. The normalized spacial score (nSPS) is 11.5. The van der Waals surface area contributed by atoms with Gasteiger partial charge in [-0.3, -0.25) is 0 Å². The van der Waals surface area contributed by atoms with Crippen LogP contribution in [-0.2, 0) is 0 Å². The predicted octanol–water partition coefficient (Wildman–Crippen LogP) is 4.25.